The summed E-state index contributed by atoms with van der Waals surface area (Å²) in [7, 11) is 0. The van der Waals surface area contributed by atoms with E-state index in [2.05, 4.69) is 32.2 Å². The van der Waals surface area contributed by atoms with Crippen LogP contribution in [-0.2, 0) is 4.79 Å². The summed E-state index contributed by atoms with van der Waals surface area (Å²) in [6, 6.07) is 14.1. The normalized spacial score (nSPS) is 15.5. The lowest BCUT2D eigenvalue weighted by Gasteiger charge is -2.36. The highest BCUT2D eigenvalue weighted by Gasteiger charge is 2.18. The van der Waals surface area contributed by atoms with Crippen LogP contribution in [0.25, 0.3) is 33.5 Å². The summed E-state index contributed by atoms with van der Waals surface area (Å²) < 4.78 is 0. The second kappa shape index (κ2) is 6.65. The van der Waals surface area contributed by atoms with E-state index in [1.807, 2.05) is 35.2 Å². The number of anilines is 1. The Morgan fingerprint density at radius 3 is 2.71 bits per heavy atom. The number of nitrogens with zero attached hydrogens (tertiary/aromatic N) is 4. The van der Waals surface area contributed by atoms with Crippen molar-refractivity contribution in [1.29, 1.82) is 0 Å². The van der Waals surface area contributed by atoms with E-state index in [0.29, 0.717) is 13.1 Å². The molecule has 0 bridgehead atoms. The Hall–Kier alpha value is -3.39. The van der Waals surface area contributed by atoms with E-state index in [9.17, 15) is 9.90 Å². The zero-order chi connectivity index (χ0) is 19.1. The number of carbonyl (C=O) groups is 1. The summed E-state index contributed by atoms with van der Waals surface area (Å²) in [4.78, 5) is 23.0. The van der Waals surface area contributed by atoms with Gasteiger partial charge in [0.1, 0.15) is 5.69 Å². The Kier molecular flexibility index (Phi) is 3.98. The number of para-hydroxylation sites is 1. The van der Waals surface area contributed by atoms with Crippen molar-refractivity contribution in [3.63, 3.8) is 0 Å². The van der Waals surface area contributed by atoms with Crippen LogP contribution in [0.2, 0.25) is 0 Å². The van der Waals surface area contributed by atoms with Gasteiger partial charge >= 0.3 is 0 Å². The minimum Gasteiger partial charge on any atom is -0.549 e. The van der Waals surface area contributed by atoms with Crippen molar-refractivity contribution < 1.29 is 9.90 Å². The van der Waals surface area contributed by atoms with Gasteiger partial charge in [0.25, 0.3) is 0 Å². The number of H-pyrrole nitrogens is 2. The maximum atomic E-state index is 10.8. The Bertz CT molecular complexity index is 1160. The van der Waals surface area contributed by atoms with Crippen molar-refractivity contribution in [3.8, 4) is 11.5 Å². The largest absolute Gasteiger partial charge is 0.549 e. The number of benzene rings is 2. The van der Waals surface area contributed by atoms with E-state index < -0.39 is 5.97 Å². The quantitative estimate of drug-likeness (QED) is 0.551. The van der Waals surface area contributed by atoms with E-state index in [-0.39, 0.29) is 6.54 Å². The van der Waals surface area contributed by atoms with Crippen LogP contribution in [0.4, 0.5) is 5.69 Å². The van der Waals surface area contributed by atoms with Crippen LogP contribution in [0.1, 0.15) is 0 Å². The smallest absolute Gasteiger partial charge is 0.159 e. The first-order chi connectivity index (χ1) is 13.7. The molecule has 5 rings (SSSR count). The molecule has 2 aromatic heterocycles. The van der Waals surface area contributed by atoms with Crippen LogP contribution in [0.15, 0.2) is 42.5 Å². The predicted octanol–water partition coefficient (Wildman–Crippen LogP) is 0.978. The molecule has 0 radical (unpaired) electrons. The van der Waals surface area contributed by atoms with E-state index >= 15 is 0 Å². The minimum atomic E-state index is -1.02. The molecule has 142 valence electrons. The van der Waals surface area contributed by atoms with E-state index in [4.69, 9.17) is 4.98 Å². The summed E-state index contributed by atoms with van der Waals surface area (Å²) in [5.41, 5.74) is 4.73. The monoisotopic (exact) mass is 375 g/mol. The lowest BCUT2D eigenvalue weighted by Crippen LogP contribution is -2.50. The van der Waals surface area contributed by atoms with Gasteiger partial charge in [-0.05, 0) is 24.3 Å². The molecule has 0 amide bonds. The number of carboxylic acids is 1. The molecule has 0 spiro atoms. The molecular formula is C20H19N6O2-. The van der Waals surface area contributed by atoms with Gasteiger partial charge in [-0.3, -0.25) is 10.00 Å². The van der Waals surface area contributed by atoms with Gasteiger partial charge in [-0.25, -0.2) is 4.98 Å². The standard InChI is InChI=1S/C20H20N6O2/c27-18(28)12-25-7-9-26(10-8-25)13-5-6-16-17(11-13)22-20(21-16)19-14-3-1-2-4-15(14)23-24-19/h1-6,11H,7-10,12H2,(H,21,22)(H,23,24)(H,27,28)/p-1. The van der Waals surface area contributed by atoms with Crippen LogP contribution < -0.4 is 10.0 Å². The molecule has 28 heavy (non-hydrogen) atoms. The minimum absolute atomic E-state index is 0.00555. The molecule has 4 aromatic rings. The summed E-state index contributed by atoms with van der Waals surface area (Å²) in [6.45, 7) is 2.97. The lowest BCUT2D eigenvalue weighted by molar-refractivity contribution is -0.306. The number of nitrogens with one attached hydrogen (secondary N) is 2. The van der Waals surface area contributed by atoms with Gasteiger partial charge in [-0.1, -0.05) is 18.2 Å². The first kappa shape index (κ1) is 16.8. The molecule has 0 aliphatic carbocycles. The Morgan fingerprint density at radius 1 is 1.07 bits per heavy atom. The van der Waals surface area contributed by atoms with Gasteiger partial charge in [-0.15, -0.1) is 0 Å². The zero-order valence-electron chi connectivity index (χ0n) is 15.2. The molecule has 0 saturated carbocycles. The molecule has 2 aromatic carbocycles. The molecule has 1 saturated heterocycles. The third-order valence-electron chi connectivity index (χ3n) is 5.25. The first-order valence-electron chi connectivity index (χ1n) is 9.28. The molecule has 1 aliphatic rings. The van der Waals surface area contributed by atoms with Crippen molar-refractivity contribution >= 4 is 33.6 Å². The Labute approximate surface area is 160 Å². The number of aromatic amines is 2. The topological polar surface area (TPSA) is 104 Å². The number of aliphatic carboxylic acids is 1. The maximum Gasteiger partial charge on any atom is 0.159 e. The molecule has 2 N–H and O–H groups in total. The van der Waals surface area contributed by atoms with Crippen molar-refractivity contribution in [2.75, 3.05) is 37.6 Å². The average molecular weight is 375 g/mol. The highest BCUT2D eigenvalue weighted by atomic mass is 16.4. The van der Waals surface area contributed by atoms with Gasteiger partial charge in [0.15, 0.2) is 5.82 Å². The molecule has 3 heterocycles. The van der Waals surface area contributed by atoms with Crippen LogP contribution in [0.3, 0.4) is 0 Å². The van der Waals surface area contributed by atoms with Crippen LogP contribution in [0.5, 0.6) is 0 Å². The maximum absolute atomic E-state index is 10.8. The summed E-state index contributed by atoms with van der Waals surface area (Å²) >= 11 is 0. The summed E-state index contributed by atoms with van der Waals surface area (Å²) in [5, 5.41) is 19.3. The van der Waals surface area contributed by atoms with Gasteiger partial charge < -0.3 is 19.8 Å². The number of hydrogen-bond donors (Lipinski definition) is 2. The molecule has 0 unspecified atom stereocenters. The lowest BCUT2D eigenvalue weighted by atomic mass is 10.2. The Balaban J connectivity index is 1.41. The number of imidazole rings is 1. The van der Waals surface area contributed by atoms with E-state index in [1.54, 1.807) is 0 Å². The fourth-order valence-corrected chi connectivity index (χ4v) is 3.80. The first-order valence-corrected chi connectivity index (χ1v) is 9.28. The molecule has 8 nitrogen and oxygen atoms in total. The van der Waals surface area contributed by atoms with Crippen molar-refractivity contribution in [1.82, 2.24) is 25.1 Å². The van der Waals surface area contributed by atoms with Crippen LogP contribution >= 0.6 is 0 Å². The van der Waals surface area contributed by atoms with Gasteiger partial charge in [0.05, 0.1) is 22.5 Å². The number of hydrogen-bond acceptors (Lipinski definition) is 6. The number of carbonyl (C=O) groups excluding carboxylic acids is 1. The number of carboxylic acid groups (broad SMARTS) is 1. The number of aromatic nitrogens is 4. The zero-order valence-corrected chi connectivity index (χ0v) is 15.2. The molecule has 8 heteroatoms. The summed E-state index contributed by atoms with van der Waals surface area (Å²) in [6.07, 6.45) is 0. The second-order valence-electron chi connectivity index (χ2n) is 7.04. The summed E-state index contributed by atoms with van der Waals surface area (Å²) in [5.74, 6) is -0.283. The molecule has 1 fully saturated rings. The van der Waals surface area contributed by atoms with Gasteiger partial charge in [-0.2, -0.15) is 5.10 Å². The van der Waals surface area contributed by atoms with Crippen LogP contribution in [-0.4, -0.2) is 63.8 Å². The number of rotatable bonds is 4. The third-order valence-corrected chi connectivity index (χ3v) is 5.25. The molecular weight excluding hydrogens is 356 g/mol. The average Bonchev–Trinajstić information content (AvgIpc) is 3.31. The highest BCUT2D eigenvalue weighted by molar-refractivity contribution is 5.93. The van der Waals surface area contributed by atoms with E-state index in [1.165, 1.54) is 0 Å². The van der Waals surface area contributed by atoms with Crippen molar-refractivity contribution in [2.24, 2.45) is 0 Å². The van der Waals surface area contributed by atoms with E-state index in [0.717, 1.165) is 52.2 Å². The van der Waals surface area contributed by atoms with Crippen LogP contribution in [0, 0.1) is 0 Å². The van der Waals surface area contributed by atoms with Crippen molar-refractivity contribution in [2.45, 2.75) is 0 Å². The number of piperazine rings is 1. The Morgan fingerprint density at radius 2 is 1.89 bits per heavy atom. The third kappa shape index (κ3) is 2.97. The fraction of sp³-hybridized carbons (Fsp3) is 0.250. The second-order valence-corrected chi connectivity index (χ2v) is 7.04. The van der Waals surface area contributed by atoms with Crippen molar-refractivity contribution in [3.05, 3.63) is 42.5 Å². The van der Waals surface area contributed by atoms with Gasteiger partial charge in [0, 0.05) is 43.8 Å². The predicted molar refractivity (Wildman–Crippen MR) is 105 cm³/mol. The number of fused-ring (bicyclic) bond motifs is 2. The molecule has 0 atom stereocenters. The van der Waals surface area contributed by atoms with Gasteiger partial charge in [0.2, 0.25) is 0 Å². The SMILES string of the molecule is O=C([O-])CN1CCN(c2ccc3nc(-c4n[nH]c5ccccc45)[nH]c3c2)CC1. The fourth-order valence-electron chi connectivity index (χ4n) is 3.80. The highest BCUT2D eigenvalue weighted by Crippen LogP contribution is 2.28. The molecule has 1 aliphatic heterocycles.